The predicted octanol–water partition coefficient (Wildman–Crippen LogP) is -1.24. The summed E-state index contributed by atoms with van der Waals surface area (Å²) in [5.74, 6) is -1.37. The number of rotatable bonds is 8. The van der Waals surface area contributed by atoms with E-state index < -0.39 is 11.6 Å². The Morgan fingerprint density at radius 2 is 0.842 bits per heavy atom. The van der Waals surface area contributed by atoms with Crippen molar-refractivity contribution in [1.29, 1.82) is 0 Å². The summed E-state index contributed by atoms with van der Waals surface area (Å²) in [4.78, 5) is 0. The first kappa shape index (κ1) is 19.2. The van der Waals surface area contributed by atoms with E-state index in [1.165, 1.54) is 0 Å². The fourth-order valence-corrected chi connectivity index (χ4v) is 4.76. The molecule has 0 aromatic rings. The molecule has 0 rings (SSSR count). The Kier molecular flexibility index (Phi) is 6.41. The fraction of sp³-hybridized carbons (Fsp3) is 1.00. The Hall–Kier alpha value is 0.234. The zero-order chi connectivity index (χ0) is 15.5. The molecule has 1 N–H and O–H groups in total. The number of hydrogen-bond acceptors (Lipinski definition) is 5. The van der Waals surface area contributed by atoms with Gasteiger partial charge in [-0.05, 0) is 27.7 Å². The summed E-state index contributed by atoms with van der Waals surface area (Å²) in [6, 6.07) is 0. The van der Waals surface area contributed by atoms with E-state index in [0.29, 0.717) is 0 Å². The van der Waals surface area contributed by atoms with Gasteiger partial charge in [0.1, 0.15) is 0 Å². The molecule has 0 heterocycles. The molecule has 7 heteroatoms. The molecule has 0 radical (unpaired) electrons. The maximum atomic E-state index is 5.56. The van der Waals surface area contributed by atoms with Crippen LogP contribution < -0.4 is 5.32 Å². The predicted molar refractivity (Wildman–Crippen MR) is 84.7 cm³/mol. The van der Waals surface area contributed by atoms with E-state index in [-0.39, 0.29) is 10.3 Å². The monoisotopic (exact) mass is 309 g/mol. The number of nitrogens with one attached hydrogen (secondary N) is 1. The zero-order valence-electron chi connectivity index (χ0n) is 14.1. The summed E-state index contributed by atoms with van der Waals surface area (Å²) in [7, 11) is 8.35. The molecule has 0 aromatic heterocycles. The van der Waals surface area contributed by atoms with Crippen LogP contribution in [0, 0.1) is 0 Å². The largest absolute Gasteiger partial charge is 0.352 e. The van der Waals surface area contributed by atoms with Crippen LogP contribution in [0.3, 0.4) is 0 Å². The topological polar surface area (TPSA) is 49.0 Å². The highest BCUT2D eigenvalue weighted by atomic mass is 28.2. The van der Waals surface area contributed by atoms with Crippen LogP contribution in [-0.4, -0.2) is 70.8 Å². The van der Waals surface area contributed by atoms with Crippen LogP contribution in [0.5, 0.6) is 0 Å². The number of methoxy groups -OCH3 is 4. The second-order valence-electron chi connectivity index (χ2n) is 6.08. The first-order valence-electron chi connectivity index (χ1n) is 6.45. The highest BCUT2D eigenvalue weighted by molar-refractivity contribution is 6.19. The molecule has 0 aliphatic carbocycles. The van der Waals surface area contributed by atoms with Crippen molar-refractivity contribution in [3.8, 4) is 0 Å². The maximum absolute atomic E-state index is 5.56. The van der Waals surface area contributed by atoms with Gasteiger partial charge >= 0.3 is 0 Å². The van der Waals surface area contributed by atoms with Gasteiger partial charge in [-0.2, -0.15) is 0 Å². The van der Waals surface area contributed by atoms with E-state index in [0.717, 1.165) is 20.5 Å². The van der Waals surface area contributed by atoms with Gasteiger partial charge < -0.3 is 24.3 Å². The van der Waals surface area contributed by atoms with Gasteiger partial charge in [-0.15, -0.1) is 0 Å². The van der Waals surface area contributed by atoms with Crippen molar-refractivity contribution in [1.82, 2.24) is 5.32 Å². The third-order valence-corrected chi connectivity index (χ3v) is 6.77. The Morgan fingerprint density at radius 1 is 0.632 bits per heavy atom. The van der Waals surface area contributed by atoms with E-state index in [1.807, 2.05) is 13.8 Å². The van der Waals surface area contributed by atoms with E-state index in [2.05, 4.69) is 19.2 Å². The van der Waals surface area contributed by atoms with Crippen LogP contribution in [0.2, 0.25) is 0 Å². The van der Waals surface area contributed by atoms with Gasteiger partial charge in [0.05, 0.1) is 10.3 Å². The summed E-state index contributed by atoms with van der Waals surface area (Å²) in [6.45, 7) is 8.10. The van der Waals surface area contributed by atoms with E-state index in [4.69, 9.17) is 18.9 Å². The SMILES string of the molecule is COC(C)(OC)C(C)([SiH3])NC(C)([SiH3])C(C)(OC)OC. The van der Waals surface area contributed by atoms with Crippen LogP contribution in [-0.2, 0) is 18.9 Å². The minimum atomic E-state index is -0.687. The van der Waals surface area contributed by atoms with Gasteiger partial charge in [-0.3, -0.25) is 0 Å². The number of ether oxygens (including phenoxy) is 4. The van der Waals surface area contributed by atoms with Crippen LogP contribution >= 0.6 is 0 Å². The van der Waals surface area contributed by atoms with Gasteiger partial charge in [-0.1, -0.05) is 0 Å². The highest BCUT2D eigenvalue weighted by Gasteiger charge is 2.50. The zero-order valence-corrected chi connectivity index (χ0v) is 18.1. The summed E-state index contributed by atoms with van der Waals surface area (Å²) >= 11 is 0. The molecule has 2 atom stereocenters. The van der Waals surface area contributed by atoms with Crippen LogP contribution in [0.4, 0.5) is 0 Å². The summed E-state index contributed by atoms with van der Waals surface area (Å²) < 4.78 is 22.2. The average Bonchev–Trinajstić information content (AvgIpc) is 2.34. The Labute approximate surface area is 123 Å². The van der Waals surface area contributed by atoms with Crippen molar-refractivity contribution in [2.45, 2.75) is 49.6 Å². The molecule has 0 aromatic carbocycles. The molecule has 5 nitrogen and oxygen atoms in total. The third-order valence-electron chi connectivity index (χ3n) is 4.45. The maximum Gasteiger partial charge on any atom is 0.178 e. The minimum Gasteiger partial charge on any atom is -0.352 e. The molecule has 0 aliphatic heterocycles. The van der Waals surface area contributed by atoms with Crippen molar-refractivity contribution in [2.24, 2.45) is 0 Å². The normalized spacial score (nSPS) is 20.2. The third kappa shape index (κ3) is 3.66. The molecule has 0 saturated carbocycles. The van der Waals surface area contributed by atoms with E-state index in [9.17, 15) is 0 Å². The lowest BCUT2D eigenvalue weighted by Crippen LogP contribution is -2.73. The summed E-state index contributed by atoms with van der Waals surface area (Å²) in [5, 5.41) is 3.07. The Bertz CT molecular complexity index is 261. The Morgan fingerprint density at radius 3 is 1.00 bits per heavy atom. The van der Waals surface area contributed by atoms with Crippen molar-refractivity contribution < 1.29 is 18.9 Å². The second kappa shape index (κ2) is 6.34. The highest BCUT2D eigenvalue weighted by Crippen LogP contribution is 2.30. The smallest absolute Gasteiger partial charge is 0.178 e. The van der Waals surface area contributed by atoms with Crippen molar-refractivity contribution in [3.05, 3.63) is 0 Å². The molecule has 116 valence electrons. The number of hydrogen-bond donors (Lipinski definition) is 1. The quantitative estimate of drug-likeness (QED) is 0.449. The molecular weight excluding hydrogens is 278 g/mol. The van der Waals surface area contributed by atoms with Gasteiger partial charge in [0.15, 0.2) is 11.6 Å². The summed E-state index contributed by atoms with van der Waals surface area (Å²) in [6.07, 6.45) is 0. The lowest BCUT2D eigenvalue weighted by molar-refractivity contribution is -0.247. The minimum absolute atomic E-state index is 0.286. The van der Waals surface area contributed by atoms with E-state index >= 15 is 0 Å². The molecule has 0 saturated heterocycles. The average molecular weight is 310 g/mol. The van der Waals surface area contributed by atoms with Crippen molar-refractivity contribution in [2.75, 3.05) is 28.4 Å². The molecule has 0 aliphatic rings. The van der Waals surface area contributed by atoms with Crippen LogP contribution in [0.15, 0.2) is 0 Å². The molecule has 0 fully saturated rings. The molecule has 0 bridgehead atoms. The van der Waals surface area contributed by atoms with Crippen LogP contribution in [0.1, 0.15) is 27.7 Å². The second-order valence-corrected chi connectivity index (χ2v) is 10.1. The molecule has 19 heavy (non-hydrogen) atoms. The van der Waals surface area contributed by atoms with Crippen molar-refractivity contribution in [3.63, 3.8) is 0 Å². The Balaban J connectivity index is 5.31. The van der Waals surface area contributed by atoms with Gasteiger partial charge in [0.25, 0.3) is 0 Å². The fourth-order valence-electron chi connectivity index (χ4n) is 2.20. The molecular formula is C12H31NO4Si2. The lowest BCUT2D eigenvalue weighted by atomic mass is 10.0. The lowest BCUT2D eigenvalue weighted by Gasteiger charge is -2.51. The first-order valence-corrected chi connectivity index (χ1v) is 8.45. The van der Waals surface area contributed by atoms with E-state index in [1.54, 1.807) is 28.4 Å². The first-order chi connectivity index (χ1) is 8.45. The standard InChI is InChI=1S/C12H31NO4Si2/c1-9(18,11(3,14-5)15-6)13-10(2,19)12(4,16-7)17-8/h13H,1-8,18-19H3. The molecule has 0 amide bonds. The molecule has 0 spiro atoms. The van der Waals surface area contributed by atoms with Crippen molar-refractivity contribution >= 4 is 20.5 Å². The van der Waals surface area contributed by atoms with Gasteiger partial charge in [0, 0.05) is 48.9 Å². The molecule has 2 unspecified atom stereocenters. The van der Waals surface area contributed by atoms with Gasteiger partial charge in [-0.25, -0.2) is 0 Å². The van der Waals surface area contributed by atoms with Gasteiger partial charge in [0.2, 0.25) is 0 Å². The van der Waals surface area contributed by atoms with Crippen LogP contribution in [0.25, 0.3) is 0 Å². The summed E-state index contributed by atoms with van der Waals surface area (Å²) in [5.41, 5.74) is 0.